The molecule has 0 fully saturated rings. The number of aryl methyl sites for hydroxylation is 1. The summed E-state index contributed by atoms with van der Waals surface area (Å²) in [6.45, 7) is 1.93. The number of methoxy groups -OCH3 is 1. The van der Waals surface area contributed by atoms with Crippen molar-refractivity contribution in [2.75, 3.05) is 12.4 Å². The van der Waals surface area contributed by atoms with Crippen molar-refractivity contribution in [3.8, 4) is 5.75 Å². The van der Waals surface area contributed by atoms with Gasteiger partial charge in [-0.25, -0.2) is 9.97 Å². The summed E-state index contributed by atoms with van der Waals surface area (Å²) >= 11 is 2.96. The van der Waals surface area contributed by atoms with E-state index in [0.29, 0.717) is 10.9 Å². The molecule has 0 saturated carbocycles. The molecule has 0 aliphatic heterocycles. The van der Waals surface area contributed by atoms with Gasteiger partial charge in [-0.2, -0.15) is 0 Å². The molecule has 3 rings (SSSR count). The highest BCUT2D eigenvalue weighted by molar-refractivity contribution is 7.22. The summed E-state index contributed by atoms with van der Waals surface area (Å²) in [5.74, 6) is 0.464. The molecule has 7 heteroatoms. The monoisotopic (exact) mass is 331 g/mol. The molecule has 1 aromatic carbocycles. The largest absolute Gasteiger partial charge is 0.494 e. The number of hydrogen-bond acceptors (Lipinski definition) is 6. The highest BCUT2D eigenvalue weighted by Gasteiger charge is 2.09. The van der Waals surface area contributed by atoms with Gasteiger partial charge >= 0.3 is 0 Å². The third-order valence-corrected chi connectivity index (χ3v) is 4.60. The van der Waals surface area contributed by atoms with Gasteiger partial charge in [0.1, 0.15) is 11.3 Å². The predicted molar refractivity (Wildman–Crippen MR) is 90.7 cm³/mol. The molecule has 0 bridgehead atoms. The first-order valence-corrected chi connectivity index (χ1v) is 8.20. The number of thiazole rings is 2. The van der Waals surface area contributed by atoms with Gasteiger partial charge in [0, 0.05) is 11.5 Å². The number of ether oxygens (including phenoxy) is 1. The number of aromatic nitrogens is 2. The van der Waals surface area contributed by atoms with E-state index in [9.17, 15) is 4.79 Å². The number of amides is 1. The molecule has 0 radical (unpaired) electrons. The number of carbonyl (C=O) groups is 1. The third-order valence-electron chi connectivity index (χ3n) is 2.87. The maximum atomic E-state index is 11.9. The zero-order chi connectivity index (χ0) is 15.5. The minimum atomic E-state index is -0.233. The molecule has 0 unspecified atom stereocenters. The number of nitrogens with zero attached hydrogens (tertiary/aromatic N) is 2. The number of carbonyl (C=O) groups excluding carboxylic acids is 1. The van der Waals surface area contributed by atoms with Crippen molar-refractivity contribution in [3.63, 3.8) is 0 Å². The molecule has 2 aromatic heterocycles. The molecule has 1 amide bonds. The number of benzene rings is 1. The number of fused-ring (bicyclic) bond motifs is 1. The van der Waals surface area contributed by atoms with Crippen LogP contribution in [0.5, 0.6) is 5.75 Å². The second-order valence-corrected chi connectivity index (χ2v) is 6.53. The van der Waals surface area contributed by atoms with Crippen molar-refractivity contribution in [1.82, 2.24) is 9.97 Å². The second kappa shape index (κ2) is 6.25. The molecule has 3 aromatic rings. The van der Waals surface area contributed by atoms with Gasteiger partial charge in [-0.05, 0) is 25.1 Å². The van der Waals surface area contributed by atoms with Crippen LogP contribution in [0.4, 0.5) is 5.13 Å². The lowest BCUT2D eigenvalue weighted by Crippen LogP contribution is -2.07. The van der Waals surface area contributed by atoms with Crippen LogP contribution in [0.3, 0.4) is 0 Å². The number of para-hydroxylation sites is 1. The molecule has 0 aliphatic rings. The smallest absolute Gasteiger partial charge is 0.250 e. The van der Waals surface area contributed by atoms with E-state index in [1.54, 1.807) is 24.5 Å². The first kappa shape index (κ1) is 14.7. The van der Waals surface area contributed by atoms with Crippen LogP contribution >= 0.6 is 22.7 Å². The molecule has 1 N–H and O–H groups in total. The molecule has 0 aliphatic carbocycles. The predicted octanol–water partition coefficient (Wildman–Crippen LogP) is 3.72. The molecular formula is C15H13N3O2S2. The fraction of sp³-hybridized carbons (Fsp3) is 0.133. The Labute approximate surface area is 135 Å². The molecule has 2 heterocycles. The van der Waals surface area contributed by atoms with E-state index in [1.807, 2.05) is 30.5 Å². The van der Waals surface area contributed by atoms with Crippen molar-refractivity contribution in [2.45, 2.75) is 6.92 Å². The lowest BCUT2D eigenvalue weighted by molar-refractivity contribution is -0.111. The Hall–Kier alpha value is -2.25. The van der Waals surface area contributed by atoms with E-state index < -0.39 is 0 Å². The molecule has 112 valence electrons. The topological polar surface area (TPSA) is 64.1 Å². The first-order valence-electron chi connectivity index (χ1n) is 6.50. The Morgan fingerprint density at radius 3 is 2.95 bits per heavy atom. The third kappa shape index (κ3) is 3.15. The fourth-order valence-electron chi connectivity index (χ4n) is 1.91. The lowest BCUT2D eigenvalue weighted by atomic mass is 10.3. The molecule has 22 heavy (non-hydrogen) atoms. The summed E-state index contributed by atoms with van der Waals surface area (Å²) in [7, 11) is 1.60. The van der Waals surface area contributed by atoms with Crippen molar-refractivity contribution >= 4 is 50.0 Å². The van der Waals surface area contributed by atoms with Gasteiger partial charge in [-0.3, -0.25) is 10.1 Å². The van der Waals surface area contributed by atoms with Gasteiger partial charge in [-0.1, -0.05) is 17.4 Å². The maximum absolute atomic E-state index is 11.9. The summed E-state index contributed by atoms with van der Waals surface area (Å²) in [6.07, 6.45) is 3.14. The SMILES string of the molecule is COc1cccc2sc(NC(=O)/C=C/c3csc(C)n3)nc12. The van der Waals surface area contributed by atoms with Gasteiger partial charge in [-0.15, -0.1) is 11.3 Å². The zero-order valence-electron chi connectivity index (χ0n) is 12.0. The number of hydrogen-bond donors (Lipinski definition) is 1. The first-order chi connectivity index (χ1) is 10.7. The van der Waals surface area contributed by atoms with Crippen LogP contribution in [0.25, 0.3) is 16.3 Å². The number of rotatable bonds is 4. The van der Waals surface area contributed by atoms with E-state index in [1.165, 1.54) is 17.4 Å². The van der Waals surface area contributed by atoms with Crippen molar-refractivity contribution in [3.05, 3.63) is 40.4 Å². The average molecular weight is 331 g/mol. The molecule has 5 nitrogen and oxygen atoms in total. The van der Waals surface area contributed by atoms with Gasteiger partial charge in [0.25, 0.3) is 0 Å². The van der Waals surface area contributed by atoms with Gasteiger partial charge in [0.15, 0.2) is 5.13 Å². The van der Waals surface area contributed by atoms with E-state index >= 15 is 0 Å². The summed E-state index contributed by atoms with van der Waals surface area (Å²) in [4.78, 5) is 20.6. The standard InChI is InChI=1S/C15H13N3O2S2/c1-9-16-10(8-21-9)6-7-13(19)17-15-18-14-11(20-2)4-3-5-12(14)22-15/h3-8H,1-2H3,(H,17,18,19)/b7-6+. The Balaban J connectivity index is 1.75. The maximum Gasteiger partial charge on any atom is 0.250 e. The van der Waals surface area contributed by atoms with Crippen molar-refractivity contribution < 1.29 is 9.53 Å². The number of nitrogens with one attached hydrogen (secondary N) is 1. The highest BCUT2D eigenvalue weighted by Crippen LogP contribution is 2.31. The second-order valence-electron chi connectivity index (χ2n) is 4.44. The molecule has 0 spiro atoms. The Morgan fingerprint density at radius 1 is 1.36 bits per heavy atom. The van der Waals surface area contributed by atoms with Crippen LogP contribution in [0.1, 0.15) is 10.7 Å². The van der Waals surface area contributed by atoms with Crippen LogP contribution in [0.2, 0.25) is 0 Å². The van der Waals surface area contributed by atoms with Crippen LogP contribution < -0.4 is 10.1 Å². The summed E-state index contributed by atoms with van der Waals surface area (Å²) in [5.41, 5.74) is 1.54. The Kier molecular flexibility index (Phi) is 4.17. The summed E-state index contributed by atoms with van der Waals surface area (Å²) < 4.78 is 6.23. The van der Waals surface area contributed by atoms with Gasteiger partial charge in [0.05, 0.1) is 22.5 Å². The van der Waals surface area contributed by atoms with Crippen LogP contribution in [0.15, 0.2) is 29.7 Å². The molecule has 0 atom stereocenters. The minimum absolute atomic E-state index is 0.233. The quantitative estimate of drug-likeness (QED) is 0.740. The molecule has 0 saturated heterocycles. The van der Waals surface area contributed by atoms with Crippen LogP contribution in [-0.4, -0.2) is 23.0 Å². The normalized spacial score (nSPS) is 11.2. The Bertz CT molecular complexity index is 851. The van der Waals surface area contributed by atoms with E-state index in [2.05, 4.69) is 15.3 Å². The number of anilines is 1. The van der Waals surface area contributed by atoms with Crippen LogP contribution in [-0.2, 0) is 4.79 Å². The van der Waals surface area contributed by atoms with Crippen LogP contribution in [0, 0.1) is 6.92 Å². The van der Waals surface area contributed by atoms with E-state index in [-0.39, 0.29) is 5.91 Å². The van der Waals surface area contributed by atoms with Crippen molar-refractivity contribution in [2.24, 2.45) is 0 Å². The lowest BCUT2D eigenvalue weighted by Gasteiger charge is -1.98. The van der Waals surface area contributed by atoms with E-state index in [0.717, 1.165) is 20.9 Å². The zero-order valence-corrected chi connectivity index (χ0v) is 13.6. The van der Waals surface area contributed by atoms with Gasteiger partial charge in [0.2, 0.25) is 5.91 Å². The van der Waals surface area contributed by atoms with Crippen molar-refractivity contribution in [1.29, 1.82) is 0 Å². The average Bonchev–Trinajstić information content (AvgIpc) is 3.10. The minimum Gasteiger partial charge on any atom is -0.494 e. The summed E-state index contributed by atoms with van der Waals surface area (Å²) in [6, 6.07) is 5.69. The summed E-state index contributed by atoms with van der Waals surface area (Å²) in [5, 5.41) is 6.18. The fourth-order valence-corrected chi connectivity index (χ4v) is 3.37. The molecular weight excluding hydrogens is 318 g/mol. The Morgan fingerprint density at radius 2 is 2.23 bits per heavy atom. The highest BCUT2D eigenvalue weighted by atomic mass is 32.1. The van der Waals surface area contributed by atoms with E-state index in [4.69, 9.17) is 4.74 Å². The van der Waals surface area contributed by atoms with Gasteiger partial charge < -0.3 is 4.74 Å².